The maximum atomic E-state index is 12.3. The number of benzene rings is 2. The molecular weight excluding hydrogens is 316 g/mol. The second-order valence-corrected chi connectivity index (χ2v) is 6.42. The molecule has 1 aliphatic carbocycles. The molecular formula is C20H22N2O3. The van der Waals surface area contributed by atoms with Crippen molar-refractivity contribution in [1.29, 1.82) is 0 Å². The molecule has 3 N–H and O–H groups in total. The van der Waals surface area contributed by atoms with Crippen LogP contribution in [0.15, 0.2) is 48.5 Å². The molecule has 2 atom stereocenters. The Bertz CT molecular complexity index is 788. The predicted molar refractivity (Wildman–Crippen MR) is 95.3 cm³/mol. The summed E-state index contributed by atoms with van der Waals surface area (Å²) in [4.78, 5) is 23.4. The minimum Gasteiger partial charge on any atom is -0.493 e. The summed E-state index contributed by atoms with van der Waals surface area (Å²) in [5, 5.41) is 3.11. The summed E-state index contributed by atoms with van der Waals surface area (Å²) in [6.45, 7) is 2.40. The van der Waals surface area contributed by atoms with Crippen molar-refractivity contribution in [3.8, 4) is 5.75 Å². The summed E-state index contributed by atoms with van der Waals surface area (Å²) in [6.07, 6.45) is 1.24. The monoisotopic (exact) mass is 338 g/mol. The summed E-state index contributed by atoms with van der Waals surface area (Å²) in [5.74, 6) is 0.370. The Labute approximate surface area is 147 Å². The van der Waals surface area contributed by atoms with E-state index in [9.17, 15) is 9.59 Å². The Morgan fingerprint density at radius 1 is 1.20 bits per heavy atom. The van der Waals surface area contributed by atoms with Gasteiger partial charge in [-0.15, -0.1) is 0 Å². The molecule has 0 saturated heterocycles. The lowest BCUT2D eigenvalue weighted by Gasteiger charge is -2.19. The highest BCUT2D eigenvalue weighted by molar-refractivity contribution is 5.93. The Morgan fingerprint density at radius 2 is 2.00 bits per heavy atom. The van der Waals surface area contributed by atoms with Gasteiger partial charge in [-0.3, -0.25) is 9.59 Å². The average Bonchev–Trinajstić information content (AvgIpc) is 2.91. The number of hydrogen-bond acceptors (Lipinski definition) is 3. The van der Waals surface area contributed by atoms with Gasteiger partial charge in [0, 0.05) is 5.56 Å². The first kappa shape index (κ1) is 17.0. The first-order chi connectivity index (χ1) is 12.0. The molecule has 0 fully saturated rings. The van der Waals surface area contributed by atoms with Gasteiger partial charge in [0.25, 0.3) is 0 Å². The van der Waals surface area contributed by atoms with Crippen molar-refractivity contribution >= 4 is 11.8 Å². The summed E-state index contributed by atoms with van der Waals surface area (Å²) in [5.41, 5.74) is 8.14. The summed E-state index contributed by atoms with van der Waals surface area (Å²) < 4.78 is 5.56. The van der Waals surface area contributed by atoms with E-state index >= 15 is 0 Å². The van der Waals surface area contributed by atoms with E-state index in [1.807, 2.05) is 12.1 Å². The van der Waals surface area contributed by atoms with E-state index in [2.05, 4.69) is 24.4 Å². The van der Waals surface area contributed by atoms with Gasteiger partial charge in [0.15, 0.2) is 0 Å². The summed E-state index contributed by atoms with van der Waals surface area (Å²) >= 11 is 0. The van der Waals surface area contributed by atoms with Crippen LogP contribution in [0.4, 0.5) is 0 Å². The maximum absolute atomic E-state index is 12.3. The van der Waals surface area contributed by atoms with Gasteiger partial charge in [-0.1, -0.05) is 37.3 Å². The van der Waals surface area contributed by atoms with Gasteiger partial charge in [-0.25, -0.2) is 0 Å². The van der Waals surface area contributed by atoms with Crippen molar-refractivity contribution in [3.05, 3.63) is 65.2 Å². The SMILES string of the molecule is C[C@@H]1Cc2ccccc2[C@@H]1NC(=O)CCOc1cccc(C(N)=O)c1. The number of nitrogens with one attached hydrogen (secondary N) is 1. The predicted octanol–water partition coefficient (Wildman–Crippen LogP) is 2.60. The standard InChI is InChI=1S/C20H22N2O3/c1-13-11-14-5-2-3-8-17(14)19(13)22-18(23)9-10-25-16-7-4-6-15(12-16)20(21)24/h2-8,12-13,19H,9-11H2,1H3,(H2,21,24)(H,22,23)/t13-,19-/m1/s1. The van der Waals surface area contributed by atoms with E-state index in [1.165, 1.54) is 11.1 Å². The molecule has 0 saturated carbocycles. The van der Waals surface area contributed by atoms with Crippen LogP contribution in [-0.4, -0.2) is 18.4 Å². The third-order valence-corrected chi connectivity index (χ3v) is 4.53. The minimum atomic E-state index is -0.503. The van der Waals surface area contributed by atoms with Gasteiger partial charge < -0.3 is 15.8 Å². The van der Waals surface area contributed by atoms with Crippen LogP contribution in [0.1, 0.15) is 40.9 Å². The van der Waals surface area contributed by atoms with Crippen LogP contribution >= 0.6 is 0 Å². The molecule has 0 bridgehead atoms. The van der Waals surface area contributed by atoms with Crippen LogP contribution in [0.5, 0.6) is 5.75 Å². The van der Waals surface area contributed by atoms with Gasteiger partial charge in [-0.05, 0) is 41.7 Å². The van der Waals surface area contributed by atoms with E-state index in [4.69, 9.17) is 10.5 Å². The third-order valence-electron chi connectivity index (χ3n) is 4.53. The van der Waals surface area contributed by atoms with Gasteiger partial charge >= 0.3 is 0 Å². The highest BCUT2D eigenvalue weighted by atomic mass is 16.5. The zero-order valence-electron chi connectivity index (χ0n) is 14.2. The van der Waals surface area contributed by atoms with Gasteiger partial charge in [0.1, 0.15) is 5.75 Å². The Kier molecular flexibility index (Phi) is 5.03. The quantitative estimate of drug-likeness (QED) is 0.849. The molecule has 0 unspecified atom stereocenters. The van der Waals surface area contributed by atoms with E-state index in [-0.39, 0.29) is 25.0 Å². The van der Waals surface area contributed by atoms with Crippen molar-refractivity contribution in [2.75, 3.05) is 6.61 Å². The molecule has 3 rings (SSSR count). The van der Waals surface area contributed by atoms with Crippen molar-refractivity contribution < 1.29 is 14.3 Å². The number of fused-ring (bicyclic) bond motifs is 1. The van der Waals surface area contributed by atoms with Crippen LogP contribution < -0.4 is 15.8 Å². The number of hydrogen-bond donors (Lipinski definition) is 2. The number of ether oxygens (including phenoxy) is 1. The van der Waals surface area contributed by atoms with Crippen LogP contribution in [0.25, 0.3) is 0 Å². The zero-order valence-corrected chi connectivity index (χ0v) is 14.2. The number of nitrogens with two attached hydrogens (primary N) is 1. The first-order valence-electron chi connectivity index (χ1n) is 8.44. The Hall–Kier alpha value is -2.82. The molecule has 1 aliphatic rings. The lowest BCUT2D eigenvalue weighted by atomic mass is 10.0. The fourth-order valence-corrected chi connectivity index (χ4v) is 3.26. The van der Waals surface area contributed by atoms with Crippen LogP contribution in [-0.2, 0) is 11.2 Å². The zero-order chi connectivity index (χ0) is 17.8. The van der Waals surface area contributed by atoms with Crippen LogP contribution in [0.2, 0.25) is 0 Å². The molecule has 5 heteroatoms. The van der Waals surface area contributed by atoms with E-state index in [0.717, 1.165) is 6.42 Å². The van der Waals surface area contributed by atoms with E-state index in [0.29, 0.717) is 17.2 Å². The molecule has 0 aromatic heterocycles. The summed E-state index contributed by atoms with van der Waals surface area (Å²) in [6, 6.07) is 14.9. The molecule has 0 aliphatic heterocycles. The van der Waals surface area contributed by atoms with Gasteiger partial charge in [-0.2, -0.15) is 0 Å². The largest absolute Gasteiger partial charge is 0.493 e. The second kappa shape index (κ2) is 7.38. The molecule has 0 heterocycles. The Morgan fingerprint density at radius 3 is 2.80 bits per heavy atom. The van der Waals surface area contributed by atoms with Gasteiger partial charge in [0.05, 0.1) is 19.1 Å². The van der Waals surface area contributed by atoms with E-state index in [1.54, 1.807) is 24.3 Å². The van der Waals surface area contributed by atoms with Crippen molar-refractivity contribution in [2.24, 2.45) is 11.7 Å². The highest BCUT2D eigenvalue weighted by Gasteiger charge is 2.29. The number of primary amides is 1. The Balaban J connectivity index is 1.52. The maximum Gasteiger partial charge on any atom is 0.248 e. The number of amides is 2. The number of carbonyl (C=O) groups is 2. The van der Waals surface area contributed by atoms with Crippen molar-refractivity contribution in [3.63, 3.8) is 0 Å². The number of carbonyl (C=O) groups excluding carboxylic acids is 2. The smallest absolute Gasteiger partial charge is 0.248 e. The van der Waals surface area contributed by atoms with Gasteiger partial charge in [0.2, 0.25) is 11.8 Å². The summed E-state index contributed by atoms with van der Waals surface area (Å²) in [7, 11) is 0. The molecule has 5 nitrogen and oxygen atoms in total. The van der Waals surface area contributed by atoms with Crippen molar-refractivity contribution in [1.82, 2.24) is 5.32 Å². The molecule has 0 spiro atoms. The molecule has 2 amide bonds. The third kappa shape index (κ3) is 3.99. The second-order valence-electron chi connectivity index (χ2n) is 6.42. The fourth-order valence-electron chi connectivity index (χ4n) is 3.26. The lowest BCUT2D eigenvalue weighted by Crippen LogP contribution is -2.31. The molecule has 2 aromatic carbocycles. The lowest BCUT2D eigenvalue weighted by molar-refractivity contribution is -0.122. The minimum absolute atomic E-state index is 0.0420. The first-order valence-corrected chi connectivity index (χ1v) is 8.44. The van der Waals surface area contributed by atoms with Crippen LogP contribution in [0.3, 0.4) is 0 Å². The molecule has 2 aromatic rings. The molecule has 130 valence electrons. The van der Waals surface area contributed by atoms with Crippen molar-refractivity contribution in [2.45, 2.75) is 25.8 Å². The van der Waals surface area contributed by atoms with Crippen LogP contribution in [0, 0.1) is 5.92 Å². The highest BCUT2D eigenvalue weighted by Crippen LogP contribution is 2.35. The molecule has 25 heavy (non-hydrogen) atoms. The fraction of sp³-hybridized carbons (Fsp3) is 0.300. The number of rotatable bonds is 6. The topological polar surface area (TPSA) is 81.4 Å². The normalized spacial score (nSPS) is 18.4. The van der Waals surface area contributed by atoms with E-state index < -0.39 is 5.91 Å². The average molecular weight is 338 g/mol. The molecule has 0 radical (unpaired) electrons.